The van der Waals surface area contributed by atoms with E-state index in [2.05, 4.69) is 25.3 Å². The Morgan fingerprint density at radius 1 is 1.34 bits per heavy atom. The molecule has 1 amide bonds. The van der Waals surface area contributed by atoms with Crippen molar-refractivity contribution < 1.29 is 14.6 Å². The van der Waals surface area contributed by atoms with Gasteiger partial charge in [-0.3, -0.25) is 14.5 Å². The maximum atomic E-state index is 12.5. The highest BCUT2D eigenvalue weighted by molar-refractivity contribution is 5.94. The molecule has 0 aliphatic carbocycles. The number of hydrogen-bond donors (Lipinski definition) is 2. The molecule has 4 heterocycles. The Hall–Kier alpha value is -2.52. The number of anilines is 1. The van der Waals surface area contributed by atoms with Gasteiger partial charge in [-0.15, -0.1) is 0 Å². The lowest BCUT2D eigenvalue weighted by Gasteiger charge is -2.51. The third-order valence-electron chi connectivity index (χ3n) is 6.06. The van der Waals surface area contributed by atoms with Crippen LogP contribution in [0, 0.1) is 0 Å². The number of carbonyl (C=O) groups excluding carboxylic acids is 1. The predicted molar refractivity (Wildman–Crippen MR) is 107 cm³/mol. The second-order valence-electron chi connectivity index (χ2n) is 8.19. The van der Waals surface area contributed by atoms with E-state index in [1.807, 2.05) is 6.92 Å². The number of nitrogens with one attached hydrogen (secondary N) is 1. The van der Waals surface area contributed by atoms with Crippen LogP contribution < -0.4 is 10.2 Å². The number of piperidine rings is 1. The van der Waals surface area contributed by atoms with Gasteiger partial charge in [-0.1, -0.05) is 0 Å². The SMILES string of the molecule is CCn1cc(C(=O)N[C@H]2COC3(CCN(c4cnccn4)CC3)C[C@]2(C)O)cn1. The molecule has 9 heteroatoms. The molecule has 2 aromatic rings. The van der Waals surface area contributed by atoms with Crippen molar-refractivity contribution in [3.63, 3.8) is 0 Å². The van der Waals surface area contributed by atoms with Gasteiger partial charge in [0.15, 0.2) is 0 Å². The number of aliphatic hydroxyl groups is 1. The van der Waals surface area contributed by atoms with E-state index in [9.17, 15) is 9.90 Å². The molecule has 0 bridgehead atoms. The highest BCUT2D eigenvalue weighted by Crippen LogP contribution is 2.40. The minimum Gasteiger partial charge on any atom is -0.388 e. The van der Waals surface area contributed by atoms with Crippen LogP contribution in [0.1, 0.15) is 43.5 Å². The standard InChI is InChI=1S/C20H28N6O3/c1-3-26-12-15(10-23-26)18(27)24-16-13-29-20(14-19(16,2)28)4-8-25(9-5-20)17-11-21-6-7-22-17/h6-7,10-12,16,28H,3-5,8-9,13-14H2,1-2H3,(H,24,27)/t16-,19-/m0/s1. The lowest BCUT2D eigenvalue weighted by Crippen LogP contribution is -2.64. The molecule has 2 N–H and O–H groups in total. The minimum absolute atomic E-state index is 0.244. The zero-order chi connectivity index (χ0) is 20.5. The van der Waals surface area contributed by atoms with E-state index in [4.69, 9.17) is 4.74 Å². The summed E-state index contributed by atoms with van der Waals surface area (Å²) in [5.41, 5.74) is -0.944. The van der Waals surface area contributed by atoms with E-state index in [1.165, 1.54) is 0 Å². The average molecular weight is 400 g/mol. The van der Waals surface area contributed by atoms with Crippen molar-refractivity contribution in [1.29, 1.82) is 0 Å². The molecule has 156 valence electrons. The molecule has 4 rings (SSSR count). The van der Waals surface area contributed by atoms with E-state index in [-0.39, 0.29) is 18.1 Å². The molecular formula is C20H28N6O3. The molecule has 0 aromatic carbocycles. The Balaban J connectivity index is 1.37. The van der Waals surface area contributed by atoms with Gasteiger partial charge in [0.1, 0.15) is 5.82 Å². The monoisotopic (exact) mass is 400 g/mol. The Morgan fingerprint density at radius 3 is 2.76 bits per heavy atom. The summed E-state index contributed by atoms with van der Waals surface area (Å²) in [4.78, 5) is 23.2. The van der Waals surface area contributed by atoms with Gasteiger partial charge in [-0.05, 0) is 26.7 Å². The molecule has 2 aromatic heterocycles. The van der Waals surface area contributed by atoms with Gasteiger partial charge in [-0.2, -0.15) is 5.10 Å². The number of rotatable bonds is 4. The van der Waals surface area contributed by atoms with Crippen molar-refractivity contribution in [2.45, 2.75) is 56.9 Å². The second-order valence-corrected chi connectivity index (χ2v) is 8.19. The number of amides is 1. The van der Waals surface area contributed by atoms with Gasteiger partial charge < -0.3 is 20.1 Å². The summed E-state index contributed by atoms with van der Waals surface area (Å²) < 4.78 is 7.94. The third kappa shape index (κ3) is 4.11. The Labute approximate surface area is 170 Å². The summed E-state index contributed by atoms with van der Waals surface area (Å²) in [5.74, 6) is 0.620. The van der Waals surface area contributed by atoms with Gasteiger partial charge in [0.05, 0.1) is 41.8 Å². The first-order valence-electron chi connectivity index (χ1n) is 10.1. The van der Waals surface area contributed by atoms with Crippen LogP contribution in [-0.4, -0.2) is 67.7 Å². The molecule has 2 saturated heterocycles. The number of nitrogens with zero attached hydrogens (tertiary/aromatic N) is 5. The van der Waals surface area contributed by atoms with E-state index >= 15 is 0 Å². The van der Waals surface area contributed by atoms with Crippen molar-refractivity contribution in [1.82, 2.24) is 25.1 Å². The van der Waals surface area contributed by atoms with Crippen molar-refractivity contribution in [3.05, 3.63) is 36.5 Å². The summed E-state index contributed by atoms with van der Waals surface area (Å²) >= 11 is 0. The van der Waals surface area contributed by atoms with Crippen molar-refractivity contribution in [3.8, 4) is 0 Å². The summed E-state index contributed by atoms with van der Waals surface area (Å²) in [6.45, 7) is 6.32. The maximum Gasteiger partial charge on any atom is 0.254 e. The normalized spacial score (nSPS) is 26.4. The van der Waals surface area contributed by atoms with Gasteiger partial charge in [0, 0.05) is 44.6 Å². The van der Waals surface area contributed by atoms with Crippen LogP contribution in [0.2, 0.25) is 0 Å². The molecule has 9 nitrogen and oxygen atoms in total. The topological polar surface area (TPSA) is 105 Å². The van der Waals surface area contributed by atoms with Gasteiger partial charge in [0.25, 0.3) is 5.91 Å². The van der Waals surface area contributed by atoms with Gasteiger partial charge in [-0.25, -0.2) is 4.98 Å². The molecule has 1 spiro atoms. The molecule has 2 fully saturated rings. The highest BCUT2D eigenvalue weighted by Gasteiger charge is 2.49. The zero-order valence-corrected chi connectivity index (χ0v) is 16.9. The molecule has 2 atom stereocenters. The largest absolute Gasteiger partial charge is 0.388 e. The van der Waals surface area contributed by atoms with E-state index < -0.39 is 11.6 Å². The highest BCUT2D eigenvalue weighted by atomic mass is 16.5. The molecule has 0 saturated carbocycles. The van der Waals surface area contributed by atoms with Gasteiger partial charge >= 0.3 is 0 Å². The number of carbonyl (C=O) groups is 1. The maximum absolute atomic E-state index is 12.5. The van der Waals surface area contributed by atoms with Crippen LogP contribution in [0.25, 0.3) is 0 Å². The summed E-state index contributed by atoms with van der Waals surface area (Å²) in [7, 11) is 0. The molecule has 0 radical (unpaired) electrons. The lowest BCUT2D eigenvalue weighted by atomic mass is 9.75. The minimum atomic E-state index is -1.05. The van der Waals surface area contributed by atoms with Crippen LogP contribution in [0.4, 0.5) is 5.82 Å². The quantitative estimate of drug-likeness (QED) is 0.789. The van der Waals surface area contributed by atoms with Crippen LogP contribution in [-0.2, 0) is 11.3 Å². The molecule has 2 aliphatic heterocycles. The number of aryl methyl sites for hydroxylation is 1. The van der Waals surface area contributed by atoms with Crippen LogP contribution >= 0.6 is 0 Å². The zero-order valence-electron chi connectivity index (χ0n) is 16.9. The second kappa shape index (κ2) is 7.72. The molecule has 0 unspecified atom stereocenters. The summed E-state index contributed by atoms with van der Waals surface area (Å²) in [5, 5.41) is 18.2. The fraction of sp³-hybridized carbons (Fsp3) is 0.600. The van der Waals surface area contributed by atoms with Crippen LogP contribution in [0.15, 0.2) is 31.0 Å². The molecule has 29 heavy (non-hydrogen) atoms. The summed E-state index contributed by atoms with van der Waals surface area (Å²) in [6, 6.07) is -0.469. The number of ether oxygens (including phenoxy) is 1. The van der Waals surface area contributed by atoms with Gasteiger partial charge in [0.2, 0.25) is 0 Å². The van der Waals surface area contributed by atoms with Crippen molar-refractivity contribution in [2.75, 3.05) is 24.6 Å². The van der Waals surface area contributed by atoms with Crippen LogP contribution in [0.3, 0.4) is 0 Å². The predicted octanol–water partition coefficient (Wildman–Crippen LogP) is 1.00. The molecular weight excluding hydrogens is 372 g/mol. The van der Waals surface area contributed by atoms with E-state index in [0.717, 1.165) is 31.7 Å². The summed E-state index contributed by atoms with van der Waals surface area (Å²) in [6.07, 6.45) is 10.4. The lowest BCUT2D eigenvalue weighted by molar-refractivity contribution is -0.176. The number of hydrogen-bond acceptors (Lipinski definition) is 7. The fourth-order valence-electron chi connectivity index (χ4n) is 4.28. The Morgan fingerprint density at radius 2 is 2.14 bits per heavy atom. The third-order valence-corrected chi connectivity index (χ3v) is 6.06. The smallest absolute Gasteiger partial charge is 0.254 e. The first-order valence-corrected chi connectivity index (χ1v) is 10.1. The number of aromatic nitrogens is 4. The fourth-order valence-corrected chi connectivity index (χ4v) is 4.28. The first-order chi connectivity index (χ1) is 13.9. The van der Waals surface area contributed by atoms with E-state index in [1.54, 1.807) is 42.6 Å². The van der Waals surface area contributed by atoms with E-state index in [0.29, 0.717) is 18.5 Å². The first kappa shape index (κ1) is 19.8. The Bertz CT molecular complexity index is 845. The van der Waals surface area contributed by atoms with Crippen molar-refractivity contribution in [2.24, 2.45) is 0 Å². The van der Waals surface area contributed by atoms with Crippen LogP contribution in [0.5, 0.6) is 0 Å². The average Bonchev–Trinajstić information content (AvgIpc) is 3.20. The molecule has 2 aliphatic rings. The Kier molecular flexibility index (Phi) is 5.26. The van der Waals surface area contributed by atoms with Crippen molar-refractivity contribution >= 4 is 11.7 Å².